The maximum Gasteiger partial charge on any atom is 0.304 e. The van der Waals surface area contributed by atoms with Crippen LogP contribution in [0, 0.1) is 5.92 Å². The molecule has 6 nitrogen and oxygen atoms in total. The Morgan fingerprint density at radius 3 is 2.57 bits per heavy atom. The first kappa shape index (κ1) is 25.4. The molecule has 1 amide bonds. The number of anilines is 1. The fourth-order valence-electron chi connectivity index (χ4n) is 4.83. The molecule has 2 N–H and O–H groups in total. The molecule has 1 aliphatic rings. The normalized spacial score (nSPS) is 21.1. The zero-order valence-corrected chi connectivity index (χ0v) is 21.4. The topological polar surface area (TPSA) is 82.5 Å². The predicted molar refractivity (Wildman–Crippen MR) is 141 cm³/mol. The van der Waals surface area contributed by atoms with E-state index in [9.17, 15) is 14.7 Å². The van der Waals surface area contributed by atoms with E-state index in [1.807, 2.05) is 60.0 Å². The summed E-state index contributed by atoms with van der Waals surface area (Å²) in [7, 11) is 0. The van der Waals surface area contributed by atoms with Gasteiger partial charge in [-0.05, 0) is 30.4 Å². The summed E-state index contributed by atoms with van der Waals surface area (Å²) < 4.78 is 0. The Balaban J connectivity index is 1.74. The summed E-state index contributed by atoms with van der Waals surface area (Å²) in [6.07, 6.45) is 1.33. The Labute approximate surface area is 215 Å². The second-order valence-electron chi connectivity index (χ2n) is 9.26. The van der Waals surface area contributed by atoms with Crippen LogP contribution in [0.15, 0.2) is 60.0 Å². The van der Waals surface area contributed by atoms with Crippen molar-refractivity contribution in [2.75, 3.05) is 11.4 Å². The van der Waals surface area contributed by atoms with Crippen LogP contribution in [-0.4, -0.2) is 40.6 Å². The fraction of sp³-hybridized carbons (Fsp3) is 0.370. The lowest BCUT2D eigenvalue weighted by Gasteiger charge is -2.37. The summed E-state index contributed by atoms with van der Waals surface area (Å²) in [5.74, 6) is -2.04. The van der Waals surface area contributed by atoms with Crippen LogP contribution in [0.25, 0.3) is 11.3 Å². The van der Waals surface area contributed by atoms with Crippen molar-refractivity contribution >= 4 is 39.9 Å². The second-order valence-corrected chi connectivity index (χ2v) is 10.5. The lowest BCUT2D eigenvalue weighted by molar-refractivity contribution is -0.141. The average Bonchev–Trinajstić information content (AvgIpc) is 3.30. The number of nitrogens with one attached hydrogen (secondary N) is 1. The maximum atomic E-state index is 14.0. The molecular formula is C27H30ClN3O3S. The van der Waals surface area contributed by atoms with Gasteiger partial charge in [-0.2, -0.15) is 0 Å². The monoisotopic (exact) mass is 511 g/mol. The summed E-state index contributed by atoms with van der Waals surface area (Å²) in [4.78, 5) is 32.4. The van der Waals surface area contributed by atoms with Gasteiger partial charge in [-0.1, -0.05) is 74.0 Å². The maximum absolute atomic E-state index is 14.0. The highest BCUT2D eigenvalue weighted by Gasteiger charge is 2.39. The van der Waals surface area contributed by atoms with E-state index in [-0.39, 0.29) is 30.3 Å². The van der Waals surface area contributed by atoms with Crippen molar-refractivity contribution in [3.8, 4) is 11.3 Å². The first-order valence-electron chi connectivity index (χ1n) is 11.9. The molecule has 0 aliphatic carbocycles. The van der Waals surface area contributed by atoms with Crippen LogP contribution in [-0.2, 0) is 9.59 Å². The molecule has 0 bridgehead atoms. The highest BCUT2D eigenvalue weighted by molar-refractivity contribution is 7.14. The van der Waals surface area contributed by atoms with Crippen molar-refractivity contribution in [1.82, 2.24) is 10.3 Å². The van der Waals surface area contributed by atoms with E-state index in [4.69, 9.17) is 16.6 Å². The molecule has 4 rings (SSSR count). The number of carboxylic acids is 1. The minimum atomic E-state index is -0.974. The summed E-state index contributed by atoms with van der Waals surface area (Å²) in [6, 6.07) is 17.6. The van der Waals surface area contributed by atoms with E-state index in [1.165, 1.54) is 11.3 Å². The summed E-state index contributed by atoms with van der Waals surface area (Å²) in [5.41, 5.74) is 2.50. The Morgan fingerprint density at radius 2 is 1.89 bits per heavy atom. The molecule has 1 fully saturated rings. The van der Waals surface area contributed by atoms with E-state index < -0.39 is 11.9 Å². The van der Waals surface area contributed by atoms with Crippen LogP contribution in [0.3, 0.4) is 0 Å². The van der Waals surface area contributed by atoms with Crippen LogP contribution >= 0.6 is 22.9 Å². The number of hydrogen-bond donors (Lipinski definition) is 2. The zero-order valence-electron chi connectivity index (χ0n) is 19.9. The number of carbonyl (C=O) groups is 2. The number of thiazole rings is 1. The molecule has 3 aromatic rings. The van der Waals surface area contributed by atoms with Crippen molar-refractivity contribution in [1.29, 1.82) is 0 Å². The molecule has 2 heterocycles. The van der Waals surface area contributed by atoms with E-state index in [1.54, 1.807) is 4.90 Å². The van der Waals surface area contributed by atoms with Crippen molar-refractivity contribution in [2.24, 2.45) is 5.92 Å². The number of halogens is 1. The number of aliphatic carboxylic acids is 1. The number of amides is 1. The molecule has 8 heteroatoms. The average molecular weight is 512 g/mol. The molecule has 1 saturated heterocycles. The highest BCUT2D eigenvalue weighted by atomic mass is 35.5. The molecule has 1 aromatic heterocycles. The van der Waals surface area contributed by atoms with Gasteiger partial charge in [-0.25, -0.2) is 4.98 Å². The Bertz CT molecular complexity index is 1170. The first-order chi connectivity index (χ1) is 16.8. The molecule has 0 radical (unpaired) electrons. The summed E-state index contributed by atoms with van der Waals surface area (Å²) in [6.45, 7) is 4.61. The summed E-state index contributed by atoms with van der Waals surface area (Å²) in [5, 5.41) is 16.4. The number of carbonyl (C=O) groups excluding carboxylic acids is 1. The molecular weight excluding hydrogens is 482 g/mol. The van der Waals surface area contributed by atoms with Gasteiger partial charge >= 0.3 is 5.97 Å². The molecule has 3 atom stereocenters. The van der Waals surface area contributed by atoms with Gasteiger partial charge in [-0.3, -0.25) is 14.5 Å². The SMILES string of the molecule is CC(C)NC1CC[C@H](c2ccccc2)[C@H](CC(=O)O)C(=O)N(c2nc(-c3ccccc3Cl)cs2)C1. The molecule has 1 unspecified atom stereocenters. The predicted octanol–water partition coefficient (Wildman–Crippen LogP) is 5.83. The molecule has 0 saturated carbocycles. The van der Waals surface area contributed by atoms with Crippen LogP contribution in [0.2, 0.25) is 5.02 Å². The largest absolute Gasteiger partial charge is 0.481 e. The molecule has 1 aliphatic heterocycles. The van der Waals surface area contributed by atoms with Crippen molar-refractivity contribution in [3.05, 3.63) is 70.6 Å². The quantitative estimate of drug-likeness (QED) is 0.417. The van der Waals surface area contributed by atoms with Gasteiger partial charge in [0.15, 0.2) is 5.13 Å². The van der Waals surface area contributed by atoms with Crippen molar-refractivity contribution < 1.29 is 14.7 Å². The second kappa shape index (κ2) is 11.3. The van der Waals surface area contributed by atoms with Gasteiger partial charge in [0.05, 0.1) is 18.0 Å². The van der Waals surface area contributed by atoms with E-state index in [2.05, 4.69) is 19.2 Å². The lowest BCUT2D eigenvalue weighted by Crippen LogP contribution is -2.50. The number of hydrogen-bond acceptors (Lipinski definition) is 5. The third kappa shape index (κ3) is 6.10. The zero-order chi connectivity index (χ0) is 24.9. The number of rotatable bonds is 7. The van der Waals surface area contributed by atoms with Gasteiger partial charge in [-0.15, -0.1) is 11.3 Å². The Kier molecular flexibility index (Phi) is 8.21. The van der Waals surface area contributed by atoms with Crippen LogP contribution in [0.1, 0.15) is 44.6 Å². The molecule has 0 spiro atoms. The van der Waals surface area contributed by atoms with E-state index >= 15 is 0 Å². The standard InChI is InChI=1S/C27H30ClN3O3S/c1-17(2)29-19-12-13-20(18-8-4-3-5-9-18)22(14-25(32)33)26(34)31(15-19)27-30-24(16-35-27)21-10-6-7-11-23(21)28/h3-11,16-17,19-20,22,29H,12-15H2,1-2H3,(H,32,33)/t19?,20-,22+/m1/s1. The molecule has 184 valence electrons. The van der Waals surface area contributed by atoms with Crippen molar-refractivity contribution in [3.63, 3.8) is 0 Å². The third-order valence-corrected chi connectivity index (χ3v) is 7.56. The number of nitrogens with zero attached hydrogens (tertiary/aromatic N) is 2. The van der Waals surface area contributed by atoms with Gasteiger partial charge in [0.2, 0.25) is 5.91 Å². The molecule has 2 aromatic carbocycles. The number of carboxylic acid groups (broad SMARTS) is 1. The van der Waals surface area contributed by atoms with E-state index in [0.29, 0.717) is 22.4 Å². The third-order valence-electron chi connectivity index (χ3n) is 6.36. The van der Waals surface area contributed by atoms with Crippen molar-refractivity contribution in [2.45, 2.75) is 51.1 Å². The Morgan fingerprint density at radius 1 is 1.17 bits per heavy atom. The van der Waals surface area contributed by atoms with Gasteiger partial charge in [0.25, 0.3) is 0 Å². The summed E-state index contributed by atoms with van der Waals surface area (Å²) >= 11 is 7.77. The Hall–Kier alpha value is -2.74. The number of aromatic nitrogens is 1. The van der Waals surface area contributed by atoms with Gasteiger partial charge in [0.1, 0.15) is 0 Å². The highest BCUT2D eigenvalue weighted by Crippen LogP contribution is 2.38. The first-order valence-corrected chi connectivity index (χ1v) is 13.1. The fourth-order valence-corrected chi connectivity index (χ4v) is 5.91. The number of benzene rings is 2. The van der Waals surface area contributed by atoms with Crippen LogP contribution in [0.4, 0.5) is 5.13 Å². The minimum absolute atomic E-state index is 0.0589. The minimum Gasteiger partial charge on any atom is -0.481 e. The molecule has 35 heavy (non-hydrogen) atoms. The van der Waals surface area contributed by atoms with Gasteiger partial charge in [0, 0.05) is 34.6 Å². The van der Waals surface area contributed by atoms with Crippen LogP contribution < -0.4 is 10.2 Å². The van der Waals surface area contributed by atoms with Crippen LogP contribution in [0.5, 0.6) is 0 Å². The van der Waals surface area contributed by atoms with E-state index in [0.717, 1.165) is 24.0 Å². The smallest absolute Gasteiger partial charge is 0.304 e. The van der Waals surface area contributed by atoms with Gasteiger partial charge < -0.3 is 10.4 Å². The lowest BCUT2D eigenvalue weighted by atomic mass is 9.78.